The first-order valence-electron chi connectivity index (χ1n) is 5.67. The van der Waals surface area contributed by atoms with Gasteiger partial charge in [-0.05, 0) is 36.8 Å². The summed E-state index contributed by atoms with van der Waals surface area (Å²) in [7, 11) is 0. The summed E-state index contributed by atoms with van der Waals surface area (Å²) in [5.41, 5.74) is 2.44. The van der Waals surface area contributed by atoms with E-state index in [0.29, 0.717) is 17.2 Å². The van der Waals surface area contributed by atoms with Crippen LogP contribution in [0.5, 0.6) is 5.75 Å². The van der Waals surface area contributed by atoms with E-state index < -0.39 is 0 Å². The SMILES string of the molecule is CCOc1cccc(-c2ccc(C#N)cc2Cl)c1. The van der Waals surface area contributed by atoms with Gasteiger partial charge in [0, 0.05) is 10.6 Å². The van der Waals surface area contributed by atoms with Crippen molar-refractivity contribution in [2.75, 3.05) is 6.61 Å². The fourth-order valence-corrected chi connectivity index (χ4v) is 2.03. The van der Waals surface area contributed by atoms with E-state index in [9.17, 15) is 0 Å². The van der Waals surface area contributed by atoms with E-state index >= 15 is 0 Å². The molecule has 0 aliphatic rings. The molecule has 0 aromatic heterocycles. The molecule has 2 aromatic rings. The Labute approximate surface area is 111 Å². The van der Waals surface area contributed by atoms with Gasteiger partial charge in [0.15, 0.2) is 0 Å². The first-order chi connectivity index (χ1) is 8.74. The Hall–Kier alpha value is -1.98. The average Bonchev–Trinajstić information content (AvgIpc) is 2.39. The topological polar surface area (TPSA) is 33.0 Å². The second-order valence-electron chi connectivity index (χ2n) is 3.77. The maximum Gasteiger partial charge on any atom is 0.119 e. The normalized spacial score (nSPS) is 9.83. The van der Waals surface area contributed by atoms with Crippen LogP contribution in [-0.2, 0) is 0 Å². The van der Waals surface area contributed by atoms with Crippen molar-refractivity contribution in [3.05, 3.63) is 53.1 Å². The molecule has 0 aliphatic carbocycles. The van der Waals surface area contributed by atoms with Crippen molar-refractivity contribution in [3.8, 4) is 22.9 Å². The zero-order valence-electron chi connectivity index (χ0n) is 9.98. The first-order valence-corrected chi connectivity index (χ1v) is 6.05. The van der Waals surface area contributed by atoms with Crippen molar-refractivity contribution >= 4 is 11.6 Å². The number of benzene rings is 2. The molecule has 90 valence electrons. The standard InChI is InChI=1S/C15H12ClNO/c1-2-18-13-5-3-4-12(9-13)14-7-6-11(10-17)8-15(14)16/h3-9H,2H2,1H3. The van der Waals surface area contributed by atoms with Crippen LogP contribution in [0, 0.1) is 11.3 Å². The number of rotatable bonds is 3. The molecule has 0 atom stereocenters. The molecule has 0 heterocycles. The van der Waals surface area contributed by atoms with Gasteiger partial charge in [0.1, 0.15) is 5.75 Å². The highest BCUT2D eigenvalue weighted by Gasteiger charge is 2.05. The van der Waals surface area contributed by atoms with E-state index in [1.807, 2.05) is 37.3 Å². The lowest BCUT2D eigenvalue weighted by molar-refractivity contribution is 0.340. The minimum Gasteiger partial charge on any atom is -0.494 e. The second kappa shape index (κ2) is 5.57. The van der Waals surface area contributed by atoms with Crippen LogP contribution in [0.15, 0.2) is 42.5 Å². The summed E-state index contributed by atoms with van der Waals surface area (Å²) in [5, 5.41) is 9.38. The van der Waals surface area contributed by atoms with Crippen molar-refractivity contribution in [3.63, 3.8) is 0 Å². The summed E-state index contributed by atoms with van der Waals surface area (Å²) in [6, 6.07) is 15.1. The van der Waals surface area contributed by atoms with Gasteiger partial charge in [-0.3, -0.25) is 0 Å². The summed E-state index contributed by atoms with van der Waals surface area (Å²) in [6.45, 7) is 2.58. The highest BCUT2D eigenvalue weighted by Crippen LogP contribution is 2.30. The van der Waals surface area contributed by atoms with Crippen LogP contribution in [-0.4, -0.2) is 6.61 Å². The molecular weight excluding hydrogens is 246 g/mol. The van der Waals surface area contributed by atoms with Crippen molar-refractivity contribution < 1.29 is 4.74 Å². The third-order valence-corrected chi connectivity index (χ3v) is 2.87. The van der Waals surface area contributed by atoms with Gasteiger partial charge in [-0.2, -0.15) is 5.26 Å². The Kier molecular flexibility index (Phi) is 3.86. The summed E-state index contributed by atoms with van der Waals surface area (Å²) >= 11 is 6.18. The lowest BCUT2D eigenvalue weighted by Crippen LogP contribution is -1.91. The Balaban J connectivity index is 2.42. The largest absolute Gasteiger partial charge is 0.494 e. The summed E-state index contributed by atoms with van der Waals surface area (Å²) in [6.07, 6.45) is 0. The van der Waals surface area contributed by atoms with E-state index in [1.165, 1.54) is 0 Å². The molecule has 0 radical (unpaired) electrons. The van der Waals surface area contributed by atoms with Crippen molar-refractivity contribution in [2.45, 2.75) is 6.92 Å². The number of nitrogens with zero attached hydrogens (tertiary/aromatic N) is 1. The molecule has 0 saturated carbocycles. The van der Waals surface area contributed by atoms with Crippen LogP contribution in [0.25, 0.3) is 11.1 Å². The number of ether oxygens (including phenoxy) is 1. The fourth-order valence-electron chi connectivity index (χ4n) is 1.74. The molecule has 0 spiro atoms. The van der Waals surface area contributed by atoms with Gasteiger partial charge in [0.25, 0.3) is 0 Å². The van der Waals surface area contributed by atoms with Gasteiger partial charge < -0.3 is 4.74 Å². The molecule has 0 aliphatic heterocycles. The van der Waals surface area contributed by atoms with Gasteiger partial charge >= 0.3 is 0 Å². The van der Waals surface area contributed by atoms with Gasteiger partial charge in [-0.15, -0.1) is 0 Å². The fraction of sp³-hybridized carbons (Fsp3) is 0.133. The number of nitriles is 1. The van der Waals surface area contributed by atoms with Crippen LogP contribution >= 0.6 is 11.6 Å². The van der Waals surface area contributed by atoms with Crippen LogP contribution in [0.2, 0.25) is 5.02 Å². The van der Waals surface area contributed by atoms with E-state index in [-0.39, 0.29) is 0 Å². The molecule has 0 N–H and O–H groups in total. The minimum atomic E-state index is 0.560. The Bertz CT molecular complexity index is 602. The average molecular weight is 258 g/mol. The smallest absolute Gasteiger partial charge is 0.119 e. The quantitative estimate of drug-likeness (QED) is 0.822. The number of halogens is 1. The Morgan fingerprint density at radius 1 is 1.22 bits per heavy atom. The monoisotopic (exact) mass is 257 g/mol. The predicted molar refractivity (Wildman–Crippen MR) is 72.8 cm³/mol. The van der Waals surface area contributed by atoms with Gasteiger partial charge in [-0.25, -0.2) is 0 Å². The lowest BCUT2D eigenvalue weighted by atomic mass is 10.0. The maximum absolute atomic E-state index is 8.81. The molecule has 0 saturated heterocycles. The summed E-state index contributed by atoms with van der Waals surface area (Å²) < 4.78 is 5.46. The molecule has 2 aromatic carbocycles. The van der Waals surface area contributed by atoms with Crippen LogP contribution < -0.4 is 4.74 Å². The third-order valence-electron chi connectivity index (χ3n) is 2.55. The minimum absolute atomic E-state index is 0.560. The van der Waals surface area contributed by atoms with Crippen LogP contribution in [0.3, 0.4) is 0 Å². The van der Waals surface area contributed by atoms with Crippen LogP contribution in [0.4, 0.5) is 0 Å². The molecule has 2 nitrogen and oxygen atoms in total. The van der Waals surface area contributed by atoms with Crippen molar-refractivity contribution in [2.24, 2.45) is 0 Å². The first kappa shape index (κ1) is 12.5. The van der Waals surface area contributed by atoms with Gasteiger partial charge in [0.05, 0.1) is 18.2 Å². The zero-order valence-corrected chi connectivity index (χ0v) is 10.7. The van der Waals surface area contributed by atoms with E-state index in [2.05, 4.69) is 6.07 Å². The van der Waals surface area contributed by atoms with Crippen molar-refractivity contribution in [1.82, 2.24) is 0 Å². The molecule has 0 amide bonds. The Morgan fingerprint density at radius 2 is 2.06 bits per heavy atom. The highest BCUT2D eigenvalue weighted by molar-refractivity contribution is 6.33. The number of hydrogen-bond donors (Lipinski definition) is 0. The highest BCUT2D eigenvalue weighted by atomic mass is 35.5. The van der Waals surface area contributed by atoms with E-state index in [0.717, 1.165) is 16.9 Å². The van der Waals surface area contributed by atoms with E-state index in [1.54, 1.807) is 12.1 Å². The summed E-state index contributed by atoms with van der Waals surface area (Å²) in [5.74, 6) is 0.815. The maximum atomic E-state index is 8.81. The van der Waals surface area contributed by atoms with Crippen molar-refractivity contribution in [1.29, 1.82) is 5.26 Å². The van der Waals surface area contributed by atoms with Crippen LogP contribution in [0.1, 0.15) is 12.5 Å². The predicted octanol–water partition coefficient (Wildman–Crippen LogP) is 4.28. The molecule has 2 rings (SSSR count). The van der Waals surface area contributed by atoms with Gasteiger partial charge in [-0.1, -0.05) is 29.8 Å². The molecule has 3 heteroatoms. The van der Waals surface area contributed by atoms with Gasteiger partial charge in [0.2, 0.25) is 0 Å². The molecule has 0 unspecified atom stereocenters. The third kappa shape index (κ3) is 2.64. The Morgan fingerprint density at radius 3 is 2.72 bits per heavy atom. The number of hydrogen-bond acceptors (Lipinski definition) is 2. The molecule has 0 fully saturated rings. The molecule has 18 heavy (non-hydrogen) atoms. The zero-order chi connectivity index (χ0) is 13.0. The second-order valence-corrected chi connectivity index (χ2v) is 4.17. The molecule has 0 bridgehead atoms. The van der Waals surface area contributed by atoms with E-state index in [4.69, 9.17) is 21.6 Å². The lowest BCUT2D eigenvalue weighted by Gasteiger charge is -2.08. The summed E-state index contributed by atoms with van der Waals surface area (Å²) in [4.78, 5) is 0. The molecular formula is C15H12ClNO.